The minimum atomic E-state index is -1.12. The van der Waals surface area contributed by atoms with E-state index in [1.165, 1.54) is 17.0 Å². The molecule has 2 aliphatic rings. The van der Waals surface area contributed by atoms with Crippen molar-refractivity contribution in [1.29, 1.82) is 0 Å². The van der Waals surface area contributed by atoms with Crippen LogP contribution >= 0.6 is 0 Å². The van der Waals surface area contributed by atoms with E-state index in [-0.39, 0.29) is 36.5 Å². The molecule has 3 N–H and O–H groups in total. The monoisotopic (exact) mass is 364 g/mol. The van der Waals surface area contributed by atoms with E-state index in [1.807, 2.05) is 0 Å². The van der Waals surface area contributed by atoms with E-state index in [0.717, 1.165) is 18.9 Å². The third-order valence-electron chi connectivity index (χ3n) is 4.54. The maximum absolute atomic E-state index is 14.4. The lowest BCUT2D eigenvalue weighted by molar-refractivity contribution is -0.132. The summed E-state index contributed by atoms with van der Waals surface area (Å²) in [6.07, 6.45) is 1.81. The van der Waals surface area contributed by atoms with Crippen molar-refractivity contribution < 1.29 is 23.5 Å². The van der Waals surface area contributed by atoms with Gasteiger partial charge in [-0.1, -0.05) is 0 Å². The Morgan fingerprint density at radius 3 is 2.73 bits per heavy atom. The number of carbonyl (C=O) groups is 3. The molecule has 1 aliphatic carbocycles. The summed E-state index contributed by atoms with van der Waals surface area (Å²) in [5, 5.41) is 2.52. The zero-order valence-corrected chi connectivity index (χ0v) is 14.4. The van der Waals surface area contributed by atoms with Gasteiger partial charge in [0.25, 0.3) is 11.8 Å². The van der Waals surface area contributed by atoms with Gasteiger partial charge in [-0.05, 0) is 38.1 Å². The number of amides is 3. The number of carbonyl (C=O) groups excluding carboxylic acids is 3. The number of primary amides is 1. The molecular formula is C17H21FN4O4. The lowest BCUT2D eigenvalue weighted by atomic mass is 10.2. The minimum absolute atomic E-state index is 0.0915. The Balaban J connectivity index is 1.73. The molecule has 0 spiro atoms. The Morgan fingerprint density at radius 2 is 2.15 bits per heavy atom. The summed E-state index contributed by atoms with van der Waals surface area (Å²) in [6.45, 7) is 0.501. The summed E-state index contributed by atoms with van der Waals surface area (Å²) in [5.74, 6) is -2.34. The lowest BCUT2D eigenvalue weighted by Gasteiger charge is -2.27. The van der Waals surface area contributed by atoms with Gasteiger partial charge in [0, 0.05) is 18.3 Å². The fourth-order valence-electron chi connectivity index (χ4n) is 2.99. The second-order valence-electron chi connectivity index (χ2n) is 6.45. The molecule has 2 fully saturated rings. The third-order valence-corrected chi connectivity index (χ3v) is 4.54. The van der Waals surface area contributed by atoms with Crippen LogP contribution in [0.4, 0.5) is 15.8 Å². The normalized spacial score (nSPS) is 18.7. The van der Waals surface area contributed by atoms with Crippen LogP contribution in [0.2, 0.25) is 0 Å². The van der Waals surface area contributed by atoms with E-state index in [1.54, 1.807) is 11.9 Å². The van der Waals surface area contributed by atoms with E-state index in [9.17, 15) is 18.8 Å². The van der Waals surface area contributed by atoms with Gasteiger partial charge in [-0.15, -0.1) is 0 Å². The molecule has 1 saturated carbocycles. The molecular weight excluding hydrogens is 343 g/mol. The highest BCUT2D eigenvalue weighted by molar-refractivity contribution is 6.09. The first-order valence-corrected chi connectivity index (χ1v) is 8.38. The smallest absolute Gasteiger partial charge is 0.253 e. The Hall–Kier alpha value is -2.52. The number of anilines is 2. The topological polar surface area (TPSA) is 105 Å². The molecule has 0 unspecified atom stereocenters. The maximum atomic E-state index is 14.4. The van der Waals surface area contributed by atoms with Crippen LogP contribution < -0.4 is 16.0 Å². The fraction of sp³-hybridized carbons (Fsp3) is 0.471. The van der Waals surface area contributed by atoms with Crippen molar-refractivity contribution in [3.05, 3.63) is 24.0 Å². The van der Waals surface area contributed by atoms with Gasteiger partial charge in [-0.3, -0.25) is 19.3 Å². The fourth-order valence-corrected chi connectivity index (χ4v) is 2.99. The first kappa shape index (κ1) is 18.3. The Kier molecular flexibility index (Phi) is 5.19. The van der Waals surface area contributed by atoms with Crippen LogP contribution in [0.5, 0.6) is 0 Å². The first-order chi connectivity index (χ1) is 12.4. The molecule has 3 amide bonds. The highest BCUT2D eigenvalue weighted by atomic mass is 19.1. The molecule has 3 rings (SSSR count). The Morgan fingerprint density at radius 1 is 1.42 bits per heavy atom. The average molecular weight is 364 g/mol. The predicted molar refractivity (Wildman–Crippen MR) is 92.0 cm³/mol. The summed E-state index contributed by atoms with van der Waals surface area (Å²) >= 11 is 0. The molecule has 0 aromatic heterocycles. The van der Waals surface area contributed by atoms with Gasteiger partial charge in [0.2, 0.25) is 5.91 Å². The van der Waals surface area contributed by atoms with Crippen LogP contribution in [0.15, 0.2) is 18.2 Å². The van der Waals surface area contributed by atoms with Gasteiger partial charge in [-0.25, -0.2) is 4.39 Å². The summed E-state index contributed by atoms with van der Waals surface area (Å²) in [7, 11) is 1.67. The van der Waals surface area contributed by atoms with Crippen LogP contribution in [-0.4, -0.2) is 61.5 Å². The second-order valence-corrected chi connectivity index (χ2v) is 6.45. The number of ether oxygens (including phenoxy) is 1. The number of morpholine rings is 1. The maximum Gasteiger partial charge on any atom is 0.253 e. The number of rotatable bonds is 6. The molecule has 1 aromatic rings. The van der Waals surface area contributed by atoms with E-state index in [4.69, 9.17) is 10.5 Å². The van der Waals surface area contributed by atoms with Crippen molar-refractivity contribution in [3.63, 3.8) is 0 Å². The van der Waals surface area contributed by atoms with Crippen molar-refractivity contribution in [1.82, 2.24) is 4.90 Å². The number of likely N-dealkylation sites (N-methyl/N-ethyl adjacent to an activating group) is 1. The molecule has 1 aliphatic heterocycles. The molecule has 8 nitrogen and oxygen atoms in total. The zero-order valence-electron chi connectivity index (χ0n) is 14.4. The molecule has 9 heteroatoms. The number of halogens is 1. The van der Waals surface area contributed by atoms with Crippen LogP contribution in [0.3, 0.4) is 0 Å². The molecule has 1 heterocycles. The van der Waals surface area contributed by atoms with Gasteiger partial charge >= 0.3 is 0 Å². The van der Waals surface area contributed by atoms with E-state index in [0.29, 0.717) is 6.61 Å². The van der Waals surface area contributed by atoms with Crippen molar-refractivity contribution in [2.45, 2.75) is 24.9 Å². The SMILES string of the molecule is CN(C1CC1)[C@@H](C(N)=O)C(=O)Nc1ccc(N2CCOCC2=O)c(F)c1. The standard InChI is InChI=1S/C17H21FN4O4/c1-21(11-3-4-11)15(16(19)24)17(25)20-10-2-5-13(12(18)8-10)22-6-7-26-9-14(22)23/h2,5,8,11,15H,3-4,6-7,9H2,1H3,(H2,19,24)(H,20,25)/t15-/m0/s1. The second kappa shape index (κ2) is 7.38. The van der Waals surface area contributed by atoms with Crippen molar-refractivity contribution in [2.75, 3.05) is 37.0 Å². The molecule has 140 valence electrons. The molecule has 26 heavy (non-hydrogen) atoms. The number of nitrogens with two attached hydrogens (primary N) is 1. The van der Waals surface area contributed by atoms with E-state index >= 15 is 0 Å². The van der Waals surface area contributed by atoms with Crippen LogP contribution in [-0.2, 0) is 19.1 Å². The van der Waals surface area contributed by atoms with Gasteiger partial charge < -0.3 is 20.7 Å². The van der Waals surface area contributed by atoms with Crippen molar-refractivity contribution >= 4 is 29.1 Å². The number of nitrogens with one attached hydrogen (secondary N) is 1. The quantitative estimate of drug-likeness (QED) is 0.696. The first-order valence-electron chi connectivity index (χ1n) is 8.38. The summed E-state index contributed by atoms with van der Waals surface area (Å²) in [5.41, 5.74) is 5.66. The minimum Gasteiger partial charge on any atom is -0.370 e. The van der Waals surface area contributed by atoms with Crippen LogP contribution in [0.25, 0.3) is 0 Å². The van der Waals surface area contributed by atoms with Gasteiger partial charge in [-0.2, -0.15) is 0 Å². The van der Waals surface area contributed by atoms with Crippen molar-refractivity contribution in [2.24, 2.45) is 5.73 Å². The zero-order chi connectivity index (χ0) is 18.8. The van der Waals surface area contributed by atoms with Crippen LogP contribution in [0.1, 0.15) is 12.8 Å². The number of hydrogen-bond donors (Lipinski definition) is 2. The average Bonchev–Trinajstić information content (AvgIpc) is 3.40. The summed E-state index contributed by atoms with van der Waals surface area (Å²) in [4.78, 5) is 38.8. The molecule has 1 aromatic carbocycles. The molecule has 1 atom stereocenters. The Labute approximate surface area is 150 Å². The molecule has 0 bridgehead atoms. The Bertz CT molecular complexity index is 737. The third kappa shape index (κ3) is 3.83. The van der Waals surface area contributed by atoms with Gasteiger partial charge in [0.05, 0.1) is 12.3 Å². The lowest BCUT2D eigenvalue weighted by Crippen LogP contribution is -2.51. The highest BCUT2D eigenvalue weighted by Gasteiger charge is 2.38. The van der Waals surface area contributed by atoms with Gasteiger partial charge in [0.15, 0.2) is 6.04 Å². The summed E-state index contributed by atoms with van der Waals surface area (Å²) < 4.78 is 19.5. The van der Waals surface area contributed by atoms with Crippen molar-refractivity contribution in [3.8, 4) is 0 Å². The highest BCUT2D eigenvalue weighted by Crippen LogP contribution is 2.28. The largest absolute Gasteiger partial charge is 0.370 e. The van der Waals surface area contributed by atoms with Gasteiger partial charge in [0.1, 0.15) is 12.4 Å². The number of benzene rings is 1. The van der Waals surface area contributed by atoms with E-state index in [2.05, 4.69) is 5.32 Å². The molecule has 1 saturated heterocycles. The number of nitrogens with zero attached hydrogens (tertiary/aromatic N) is 2. The number of hydrogen-bond acceptors (Lipinski definition) is 5. The van der Waals surface area contributed by atoms with Crippen LogP contribution in [0, 0.1) is 5.82 Å². The van der Waals surface area contributed by atoms with E-state index < -0.39 is 23.7 Å². The predicted octanol–water partition coefficient (Wildman–Crippen LogP) is 0.0755. The summed E-state index contributed by atoms with van der Waals surface area (Å²) in [6, 6.07) is 3.05. The molecule has 0 radical (unpaired) electrons.